The van der Waals surface area contributed by atoms with Crippen LogP contribution in [0.2, 0.25) is 0 Å². The summed E-state index contributed by atoms with van der Waals surface area (Å²) in [4.78, 5) is 38.1. The fraction of sp³-hybridized carbons (Fsp3) is 0.391. The lowest BCUT2D eigenvalue weighted by atomic mass is 9.92. The Morgan fingerprint density at radius 3 is 2.97 bits per heavy atom. The first-order chi connectivity index (χ1) is 15.8. The van der Waals surface area contributed by atoms with Gasteiger partial charge in [-0.05, 0) is 44.2 Å². The summed E-state index contributed by atoms with van der Waals surface area (Å²) in [6.45, 7) is 7.39. The smallest absolute Gasteiger partial charge is 0.332 e. The van der Waals surface area contributed by atoms with Gasteiger partial charge in [0.05, 0.1) is 23.5 Å². The molecular formula is C23H28N8O2. The van der Waals surface area contributed by atoms with E-state index in [1.807, 2.05) is 37.4 Å². The number of nitrogens with one attached hydrogen (secondary N) is 1. The summed E-state index contributed by atoms with van der Waals surface area (Å²) in [5.41, 5.74) is 6.99. The maximum atomic E-state index is 13.5. The molecule has 1 fully saturated rings. The highest BCUT2D eigenvalue weighted by atomic mass is 16.2. The van der Waals surface area contributed by atoms with Crippen LogP contribution in [0.4, 0.5) is 5.95 Å². The van der Waals surface area contributed by atoms with Crippen molar-refractivity contribution in [3.05, 3.63) is 63.6 Å². The van der Waals surface area contributed by atoms with E-state index in [0.29, 0.717) is 29.4 Å². The van der Waals surface area contributed by atoms with Crippen LogP contribution in [0.15, 0.2) is 57.4 Å². The molecule has 0 bridgehead atoms. The summed E-state index contributed by atoms with van der Waals surface area (Å²) in [5.74, 6) is 0.580. The van der Waals surface area contributed by atoms with Crippen molar-refractivity contribution in [1.82, 2.24) is 24.0 Å². The average Bonchev–Trinajstić information content (AvgIpc) is 3.20. The predicted octanol–water partition coefficient (Wildman–Crippen LogP) is 0.695. The van der Waals surface area contributed by atoms with Gasteiger partial charge in [0, 0.05) is 32.4 Å². The van der Waals surface area contributed by atoms with Gasteiger partial charge in [-0.1, -0.05) is 12.7 Å². The second kappa shape index (κ2) is 7.73. The van der Waals surface area contributed by atoms with Crippen LogP contribution >= 0.6 is 0 Å². The minimum atomic E-state index is -0.441. The summed E-state index contributed by atoms with van der Waals surface area (Å²) in [7, 11) is 1.63. The van der Waals surface area contributed by atoms with E-state index in [0.717, 1.165) is 25.1 Å². The number of nitrogens with two attached hydrogens (primary N) is 1. The van der Waals surface area contributed by atoms with Crippen molar-refractivity contribution in [1.29, 1.82) is 0 Å². The van der Waals surface area contributed by atoms with E-state index in [-0.39, 0.29) is 12.6 Å². The third kappa shape index (κ3) is 3.37. The molecule has 3 aliphatic heterocycles. The molecule has 2 aromatic rings. The first-order valence-corrected chi connectivity index (χ1v) is 11.1. The first-order valence-electron chi connectivity index (χ1n) is 11.1. The lowest BCUT2D eigenvalue weighted by Gasteiger charge is -2.32. The average molecular weight is 449 g/mol. The van der Waals surface area contributed by atoms with Gasteiger partial charge in [-0.2, -0.15) is 4.98 Å². The predicted molar refractivity (Wildman–Crippen MR) is 130 cm³/mol. The summed E-state index contributed by atoms with van der Waals surface area (Å²) in [5, 5.41) is 3.28. The summed E-state index contributed by atoms with van der Waals surface area (Å²) in [6, 6.07) is 0.0394. The Labute approximate surface area is 190 Å². The topological polar surface area (TPSA) is 115 Å². The highest BCUT2D eigenvalue weighted by Crippen LogP contribution is 2.26. The Morgan fingerprint density at radius 1 is 1.39 bits per heavy atom. The number of imidazole rings is 1. The monoisotopic (exact) mass is 448 g/mol. The minimum absolute atomic E-state index is 0.0394. The van der Waals surface area contributed by atoms with E-state index in [1.54, 1.807) is 17.8 Å². The number of aryl methyl sites for hydroxylation is 1. The van der Waals surface area contributed by atoms with Crippen LogP contribution in [0, 0.1) is 0 Å². The van der Waals surface area contributed by atoms with Crippen LogP contribution in [-0.2, 0) is 13.6 Å². The molecule has 3 aliphatic rings. The Hall–Kier alpha value is -3.66. The number of hydrogen-bond donors (Lipinski definition) is 2. The van der Waals surface area contributed by atoms with Gasteiger partial charge in [-0.25, -0.2) is 4.79 Å². The minimum Gasteiger partial charge on any atom is -0.377 e. The second-order valence-corrected chi connectivity index (χ2v) is 8.91. The highest BCUT2D eigenvalue weighted by Gasteiger charge is 2.30. The van der Waals surface area contributed by atoms with E-state index in [1.165, 1.54) is 9.13 Å². The first kappa shape index (κ1) is 21.2. The molecular weight excluding hydrogens is 420 g/mol. The third-order valence-electron chi connectivity index (χ3n) is 6.54. The Balaban J connectivity index is 1.61. The van der Waals surface area contributed by atoms with Crippen LogP contribution in [0.1, 0.15) is 19.8 Å². The Bertz CT molecular complexity index is 1390. The molecule has 0 aliphatic carbocycles. The SMILES string of the molecule is C=Cn1c(N2CCC[C@@H](N)C2)nc2c1c(=O)n(CC1=NC3=CC=CNC3(C)C=C1)c(=O)n2C. The zero-order chi connectivity index (χ0) is 23.3. The number of aromatic nitrogens is 4. The second-order valence-electron chi connectivity index (χ2n) is 8.91. The Morgan fingerprint density at radius 2 is 2.21 bits per heavy atom. The molecule has 1 unspecified atom stereocenters. The highest BCUT2D eigenvalue weighted by molar-refractivity contribution is 5.97. The molecule has 5 heterocycles. The van der Waals surface area contributed by atoms with Gasteiger partial charge in [0.15, 0.2) is 11.2 Å². The van der Waals surface area contributed by atoms with Gasteiger partial charge in [0.2, 0.25) is 5.95 Å². The zero-order valence-electron chi connectivity index (χ0n) is 18.9. The Kier molecular flexibility index (Phi) is 4.97. The van der Waals surface area contributed by atoms with Gasteiger partial charge < -0.3 is 16.0 Å². The van der Waals surface area contributed by atoms with Crippen molar-refractivity contribution < 1.29 is 0 Å². The van der Waals surface area contributed by atoms with E-state index < -0.39 is 16.8 Å². The fourth-order valence-electron chi connectivity index (χ4n) is 4.65. The van der Waals surface area contributed by atoms with Gasteiger partial charge in [0.25, 0.3) is 5.56 Å². The number of dihydropyridines is 2. The molecule has 0 spiro atoms. The van der Waals surface area contributed by atoms with Crippen molar-refractivity contribution in [3.63, 3.8) is 0 Å². The van der Waals surface area contributed by atoms with Gasteiger partial charge >= 0.3 is 5.69 Å². The normalized spacial score (nSPS) is 24.3. The van der Waals surface area contributed by atoms with Crippen molar-refractivity contribution >= 4 is 29.0 Å². The maximum Gasteiger partial charge on any atom is 0.332 e. The number of anilines is 1. The van der Waals surface area contributed by atoms with Gasteiger partial charge in [0.1, 0.15) is 0 Å². The third-order valence-corrected chi connectivity index (χ3v) is 6.54. The van der Waals surface area contributed by atoms with Crippen LogP contribution in [-0.4, -0.2) is 49.1 Å². The number of hydrogen-bond acceptors (Lipinski definition) is 7. The lowest BCUT2D eigenvalue weighted by molar-refractivity contribution is 0.499. The molecule has 0 radical (unpaired) electrons. The van der Waals surface area contributed by atoms with E-state index in [2.05, 4.69) is 21.8 Å². The molecule has 3 N–H and O–H groups in total. The lowest BCUT2D eigenvalue weighted by Crippen LogP contribution is -2.44. The number of fused-ring (bicyclic) bond motifs is 2. The van der Waals surface area contributed by atoms with Crippen molar-refractivity contribution in [3.8, 4) is 0 Å². The van der Waals surface area contributed by atoms with E-state index in [4.69, 9.17) is 10.7 Å². The standard InChI is InChI=1S/C23H28N8O2/c1-4-30-18-19(27-21(30)29-12-6-7-15(24)13-29)28(3)22(33)31(20(18)32)14-16-9-10-23(2)17(26-16)8-5-11-25-23/h4-5,8-11,15,25H,1,6-7,12-14,24H2,2-3H3/t15-,23?/m1/s1. The van der Waals surface area contributed by atoms with Crippen LogP contribution in [0.5, 0.6) is 0 Å². The van der Waals surface area contributed by atoms with E-state index >= 15 is 0 Å². The summed E-state index contributed by atoms with van der Waals surface area (Å²) >= 11 is 0. The molecule has 33 heavy (non-hydrogen) atoms. The number of nitrogens with zero attached hydrogens (tertiary/aromatic N) is 6. The van der Waals surface area contributed by atoms with Crippen molar-refractivity contribution in [2.24, 2.45) is 17.8 Å². The molecule has 2 atom stereocenters. The maximum absolute atomic E-state index is 13.5. The van der Waals surface area contributed by atoms with Crippen LogP contribution in [0.25, 0.3) is 17.4 Å². The largest absolute Gasteiger partial charge is 0.377 e. The molecule has 0 amide bonds. The number of aliphatic imine (C=N–C) groups is 1. The molecule has 1 saturated heterocycles. The fourth-order valence-corrected chi connectivity index (χ4v) is 4.65. The molecule has 2 aromatic heterocycles. The molecule has 172 valence electrons. The number of allylic oxidation sites excluding steroid dienone is 3. The van der Waals surface area contributed by atoms with Crippen molar-refractivity contribution in [2.45, 2.75) is 37.9 Å². The van der Waals surface area contributed by atoms with E-state index in [9.17, 15) is 9.59 Å². The quantitative estimate of drug-likeness (QED) is 0.711. The summed E-state index contributed by atoms with van der Waals surface area (Å²) < 4.78 is 4.28. The van der Waals surface area contributed by atoms with Crippen LogP contribution in [0.3, 0.4) is 0 Å². The number of rotatable bonds is 4. The van der Waals surface area contributed by atoms with Crippen LogP contribution < -0.4 is 27.2 Å². The van der Waals surface area contributed by atoms with Crippen molar-refractivity contribution in [2.75, 3.05) is 18.0 Å². The van der Waals surface area contributed by atoms with Gasteiger partial charge in [-0.15, -0.1) is 0 Å². The zero-order valence-corrected chi connectivity index (χ0v) is 18.9. The summed E-state index contributed by atoms with van der Waals surface area (Å²) in [6.07, 6.45) is 13.0. The number of piperidine rings is 1. The molecule has 0 saturated carbocycles. The molecule has 10 heteroatoms. The van der Waals surface area contributed by atoms with Gasteiger partial charge in [-0.3, -0.25) is 23.5 Å². The molecule has 10 nitrogen and oxygen atoms in total. The molecule has 5 rings (SSSR count). The molecule has 0 aromatic carbocycles.